The van der Waals surface area contributed by atoms with E-state index in [0.29, 0.717) is 49.5 Å². The molecule has 1 spiro atoms. The van der Waals surface area contributed by atoms with E-state index in [9.17, 15) is 19.5 Å². The van der Waals surface area contributed by atoms with Crippen LogP contribution in [0.5, 0.6) is 17.2 Å². The van der Waals surface area contributed by atoms with Gasteiger partial charge in [0.1, 0.15) is 22.8 Å². The number of hydrogen-bond donors (Lipinski definition) is 3. The van der Waals surface area contributed by atoms with E-state index in [1.807, 2.05) is 48.5 Å². The summed E-state index contributed by atoms with van der Waals surface area (Å²) in [5.41, 5.74) is 1.51. The van der Waals surface area contributed by atoms with Crippen molar-refractivity contribution in [3.05, 3.63) is 89.5 Å². The first-order chi connectivity index (χ1) is 23.3. The van der Waals surface area contributed by atoms with Crippen LogP contribution in [-0.4, -0.2) is 77.6 Å². The molecule has 3 aliphatic rings. The molecule has 1 saturated carbocycles. The lowest BCUT2D eigenvalue weighted by Crippen LogP contribution is -2.72. The van der Waals surface area contributed by atoms with Crippen molar-refractivity contribution in [1.82, 2.24) is 20.4 Å². The molecule has 3 aromatic carbocycles. The second-order valence-electron chi connectivity index (χ2n) is 13.3. The maximum Gasteiger partial charge on any atom is 0.251 e. The number of hydrogen-bond acceptors (Lipinski definition) is 7. The highest BCUT2D eigenvalue weighted by Gasteiger charge is 2.55. The van der Waals surface area contributed by atoms with E-state index < -0.39 is 11.6 Å². The van der Waals surface area contributed by atoms with Crippen LogP contribution >= 0.6 is 0 Å². The summed E-state index contributed by atoms with van der Waals surface area (Å²) >= 11 is 0. The third-order valence-electron chi connectivity index (χ3n) is 10.4. The number of carbonyl (C=O) groups excluding carboxylic acids is 3. The van der Waals surface area contributed by atoms with Crippen molar-refractivity contribution in [3.8, 4) is 17.2 Å². The van der Waals surface area contributed by atoms with Crippen molar-refractivity contribution in [2.75, 3.05) is 27.2 Å². The van der Waals surface area contributed by atoms with Gasteiger partial charge in [0.05, 0.1) is 19.8 Å². The van der Waals surface area contributed by atoms with Crippen LogP contribution in [0, 0.1) is 5.92 Å². The van der Waals surface area contributed by atoms with E-state index in [1.165, 1.54) is 6.42 Å². The van der Waals surface area contributed by atoms with Crippen molar-refractivity contribution < 1.29 is 29.0 Å². The molecular weight excluding hydrogens is 608 g/mol. The quantitative estimate of drug-likeness (QED) is 0.291. The molecular formula is C38H46N4O6. The first kappa shape index (κ1) is 33.5. The zero-order chi connectivity index (χ0) is 33.7. The Bertz CT molecular complexity index is 1570. The fourth-order valence-electron chi connectivity index (χ4n) is 7.63. The van der Waals surface area contributed by atoms with Gasteiger partial charge in [0, 0.05) is 38.3 Å². The molecule has 3 amide bonds. The van der Waals surface area contributed by atoms with E-state index in [4.69, 9.17) is 9.47 Å². The van der Waals surface area contributed by atoms with Crippen LogP contribution in [-0.2, 0) is 22.7 Å². The van der Waals surface area contributed by atoms with E-state index >= 15 is 0 Å². The fourth-order valence-corrected chi connectivity index (χ4v) is 7.63. The zero-order valence-corrected chi connectivity index (χ0v) is 27.8. The largest absolute Gasteiger partial charge is 0.497 e. The number of piperazine rings is 1. The summed E-state index contributed by atoms with van der Waals surface area (Å²) in [6.07, 6.45) is 5.53. The highest BCUT2D eigenvalue weighted by atomic mass is 16.5. The molecule has 10 heteroatoms. The molecule has 0 aromatic heterocycles. The minimum Gasteiger partial charge on any atom is -0.497 e. The summed E-state index contributed by atoms with van der Waals surface area (Å²) in [7, 11) is 3.22. The summed E-state index contributed by atoms with van der Waals surface area (Å²) in [4.78, 5) is 43.2. The topological polar surface area (TPSA) is 120 Å². The van der Waals surface area contributed by atoms with Crippen molar-refractivity contribution in [2.45, 2.75) is 75.7 Å². The van der Waals surface area contributed by atoms with Crippen molar-refractivity contribution >= 4 is 17.7 Å². The number of methoxy groups -OCH3 is 1. The molecule has 0 bridgehead atoms. The van der Waals surface area contributed by atoms with Crippen LogP contribution in [0.2, 0.25) is 0 Å². The molecule has 0 radical (unpaired) electrons. The summed E-state index contributed by atoms with van der Waals surface area (Å²) in [6, 6.07) is 22.2. The number of nitrogens with zero attached hydrogens (tertiary/aromatic N) is 2. The van der Waals surface area contributed by atoms with Crippen LogP contribution in [0.25, 0.3) is 0 Å². The number of nitrogens with one attached hydrogen (secondary N) is 2. The van der Waals surface area contributed by atoms with E-state index in [1.54, 1.807) is 43.3 Å². The lowest BCUT2D eigenvalue weighted by molar-refractivity contribution is -0.163. The summed E-state index contributed by atoms with van der Waals surface area (Å²) in [5, 5.41) is 17.5. The smallest absolute Gasteiger partial charge is 0.251 e. The Hall–Kier alpha value is -4.41. The number of ether oxygens (including phenoxy) is 2. The van der Waals surface area contributed by atoms with E-state index in [0.717, 1.165) is 42.6 Å². The molecule has 2 heterocycles. The fraction of sp³-hybridized carbons (Fsp3) is 0.447. The van der Waals surface area contributed by atoms with Gasteiger partial charge in [-0.25, -0.2) is 0 Å². The van der Waals surface area contributed by atoms with Crippen LogP contribution in [0.4, 0.5) is 0 Å². The number of aliphatic hydroxyl groups excluding tert-OH is 1. The SMILES string of the molecule is CNC(=O)c1ccc(Oc2ccc(CN3CCC4(CC3[C@H](O)C3CCCCC3)C(=O)NCC(=O)N4Cc3ccc(OC)cc3)cc2)cc1. The molecule has 3 N–H and O–H groups in total. The van der Waals surface area contributed by atoms with Gasteiger partial charge in [-0.3, -0.25) is 19.3 Å². The first-order valence-corrected chi connectivity index (χ1v) is 17.0. The highest BCUT2D eigenvalue weighted by Crippen LogP contribution is 2.40. The standard InChI is InChI=1S/C38H46N4O6/c1-39-36(45)29-12-18-32(19-13-29)48-31-16-10-26(11-17-31)24-41-21-20-38(22-33(41)35(44)28-6-4-3-5-7-28)37(46)40-23-34(43)42(38)25-27-8-14-30(47-2)15-9-27/h8-19,28,33,35,44H,3-7,20-25H2,1-2H3,(H,39,45)(H,40,46)/t33?,35-,38?/m1/s1. The van der Waals surface area contributed by atoms with E-state index in [-0.39, 0.29) is 36.2 Å². The molecule has 1 aliphatic carbocycles. The maximum absolute atomic E-state index is 13.8. The lowest BCUT2D eigenvalue weighted by atomic mass is 9.73. The lowest BCUT2D eigenvalue weighted by Gasteiger charge is -2.54. The monoisotopic (exact) mass is 654 g/mol. The predicted octanol–water partition coefficient (Wildman–Crippen LogP) is 4.65. The molecule has 3 atom stereocenters. The predicted molar refractivity (Wildman–Crippen MR) is 182 cm³/mol. The Morgan fingerprint density at radius 1 is 0.917 bits per heavy atom. The van der Waals surface area contributed by atoms with Gasteiger partial charge in [0.2, 0.25) is 11.8 Å². The number of carbonyl (C=O) groups is 3. The Kier molecular flexibility index (Phi) is 10.3. The molecule has 48 heavy (non-hydrogen) atoms. The van der Waals surface area contributed by atoms with Crippen LogP contribution in [0.3, 0.4) is 0 Å². The number of piperidine rings is 1. The average molecular weight is 655 g/mol. The Morgan fingerprint density at radius 3 is 2.15 bits per heavy atom. The highest BCUT2D eigenvalue weighted by molar-refractivity contribution is 5.98. The molecule has 2 aliphatic heterocycles. The molecule has 3 fully saturated rings. The second-order valence-corrected chi connectivity index (χ2v) is 13.3. The summed E-state index contributed by atoms with van der Waals surface area (Å²) in [6.45, 7) is 1.45. The minimum atomic E-state index is -1.04. The molecule has 2 saturated heterocycles. The number of aliphatic hydroxyl groups is 1. The molecule has 3 aromatic rings. The van der Waals surface area contributed by atoms with Gasteiger partial charge < -0.3 is 30.1 Å². The molecule has 2 unspecified atom stereocenters. The second kappa shape index (κ2) is 14.8. The summed E-state index contributed by atoms with van der Waals surface area (Å²) < 4.78 is 11.3. The third-order valence-corrected chi connectivity index (χ3v) is 10.4. The molecule has 10 nitrogen and oxygen atoms in total. The third kappa shape index (κ3) is 7.19. The van der Waals surface area contributed by atoms with Crippen LogP contribution in [0.15, 0.2) is 72.8 Å². The Labute approximate surface area is 282 Å². The first-order valence-electron chi connectivity index (χ1n) is 17.0. The number of amides is 3. The summed E-state index contributed by atoms with van der Waals surface area (Å²) in [5.74, 6) is 1.80. The van der Waals surface area contributed by atoms with Gasteiger partial charge in [-0.2, -0.15) is 0 Å². The Morgan fingerprint density at radius 2 is 1.52 bits per heavy atom. The normalized spacial score (nSPS) is 22.6. The van der Waals surface area contributed by atoms with Gasteiger partial charge in [-0.1, -0.05) is 43.5 Å². The maximum atomic E-state index is 13.8. The average Bonchev–Trinajstić information content (AvgIpc) is 3.13. The van der Waals surface area contributed by atoms with Crippen molar-refractivity contribution in [1.29, 1.82) is 0 Å². The van der Waals surface area contributed by atoms with Crippen molar-refractivity contribution in [2.24, 2.45) is 5.92 Å². The minimum absolute atomic E-state index is 0.0249. The van der Waals surface area contributed by atoms with Crippen LogP contribution < -0.4 is 20.1 Å². The van der Waals surface area contributed by atoms with Crippen molar-refractivity contribution in [3.63, 3.8) is 0 Å². The van der Waals surface area contributed by atoms with E-state index in [2.05, 4.69) is 15.5 Å². The van der Waals surface area contributed by atoms with Gasteiger partial charge in [-0.05, 0) is 91.3 Å². The van der Waals surface area contributed by atoms with Gasteiger partial charge in [0.15, 0.2) is 0 Å². The molecule has 6 rings (SSSR count). The zero-order valence-electron chi connectivity index (χ0n) is 27.8. The van der Waals surface area contributed by atoms with Gasteiger partial charge in [0.25, 0.3) is 5.91 Å². The number of benzene rings is 3. The van der Waals surface area contributed by atoms with Gasteiger partial charge >= 0.3 is 0 Å². The Balaban J connectivity index is 1.21. The van der Waals surface area contributed by atoms with Crippen LogP contribution in [0.1, 0.15) is 66.4 Å². The molecule has 254 valence electrons. The van der Waals surface area contributed by atoms with Gasteiger partial charge in [-0.15, -0.1) is 0 Å². The number of rotatable bonds is 10. The number of likely N-dealkylation sites (tertiary alicyclic amines) is 1.